The number of benzene rings is 3. The van der Waals surface area contributed by atoms with Gasteiger partial charge in [0.05, 0.1) is 17.0 Å². The number of imide groups is 1. The summed E-state index contributed by atoms with van der Waals surface area (Å²) in [6.45, 7) is 1.25. The Morgan fingerprint density at radius 3 is 2.22 bits per heavy atom. The average Bonchev–Trinajstić information content (AvgIpc) is 3.00. The van der Waals surface area contributed by atoms with Crippen molar-refractivity contribution in [3.8, 4) is 0 Å². The highest BCUT2D eigenvalue weighted by molar-refractivity contribution is 8.04. The van der Waals surface area contributed by atoms with Crippen LogP contribution in [-0.2, 0) is 20.9 Å². The number of hydrogen-bond donors (Lipinski definition) is 1. The summed E-state index contributed by atoms with van der Waals surface area (Å²) >= 11 is 1.20. The smallest absolute Gasteiger partial charge is 0.268 e. The molecule has 3 amide bonds. The van der Waals surface area contributed by atoms with Gasteiger partial charge in [-0.05, 0) is 35.9 Å². The minimum absolute atomic E-state index is 0.156. The SMILES string of the molecule is CC(=O)Nc1ccc(C2=C(Sc3ccccc3)C(=O)N(Cc3ccccc3F)C2=O)cc1. The molecule has 4 rings (SSSR count). The summed E-state index contributed by atoms with van der Waals surface area (Å²) < 4.78 is 14.2. The number of nitrogens with zero attached hydrogens (tertiary/aromatic N) is 1. The van der Waals surface area contributed by atoms with Gasteiger partial charge < -0.3 is 5.32 Å². The fourth-order valence-corrected chi connectivity index (χ4v) is 4.41. The first-order valence-corrected chi connectivity index (χ1v) is 10.7. The van der Waals surface area contributed by atoms with E-state index in [4.69, 9.17) is 0 Å². The first-order valence-electron chi connectivity index (χ1n) is 9.89. The number of thioether (sulfide) groups is 1. The van der Waals surface area contributed by atoms with E-state index in [1.54, 1.807) is 42.5 Å². The Morgan fingerprint density at radius 1 is 0.906 bits per heavy atom. The molecule has 0 spiro atoms. The molecule has 0 aliphatic carbocycles. The second-order valence-electron chi connectivity index (χ2n) is 7.17. The Bertz CT molecular complexity index is 1220. The molecule has 0 saturated heterocycles. The number of rotatable bonds is 6. The molecule has 0 aromatic heterocycles. The number of hydrogen-bond acceptors (Lipinski definition) is 4. The molecule has 3 aromatic carbocycles. The lowest BCUT2D eigenvalue weighted by molar-refractivity contribution is -0.137. The predicted octanol–water partition coefficient (Wildman–Crippen LogP) is 4.86. The number of carbonyl (C=O) groups is 3. The number of amides is 3. The van der Waals surface area contributed by atoms with E-state index in [1.807, 2.05) is 30.3 Å². The van der Waals surface area contributed by atoms with Crippen LogP contribution in [0.1, 0.15) is 18.1 Å². The van der Waals surface area contributed by atoms with Crippen LogP contribution >= 0.6 is 11.8 Å². The van der Waals surface area contributed by atoms with Crippen molar-refractivity contribution in [1.29, 1.82) is 0 Å². The molecule has 1 aliphatic heterocycles. The molecule has 7 heteroatoms. The largest absolute Gasteiger partial charge is 0.326 e. The maximum Gasteiger partial charge on any atom is 0.268 e. The quantitative estimate of drug-likeness (QED) is 0.550. The van der Waals surface area contributed by atoms with E-state index in [0.29, 0.717) is 11.3 Å². The summed E-state index contributed by atoms with van der Waals surface area (Å²) in [6.07, 6.45) is 0. The molecule has 5 nitrogen and oxygen atoms in total. The van der Waals surface area contributed by atoms with E-state index in [0.717, 1.165) is 9.80 Å². The molecular formula is C25H19FN2O3S. The van der Waals surface area contributed by atoms with Crippen molar-refractivity contribution in [3.63, 3.8) is 0 Å². The summed E-state index contributed by atoms with van der Waals surface area (Å²) in [7, 11) is 0. The lowest BCUT2D eigenvalue weighted by Gasteiger charge is -2.15. The maximum atomic E-state index is 14.2. The highest BCUT2D eigenvalue weighted by Crippen LogP contribution is 2.40. The van der Waals surface area contributed by atoms with Crippen molar-refractivity contribution in [2.75, 3.05) is 5.32 Å². The molecule has 32 heavy (non-hydrogen) atoms. The Morgan fingerprint density at radius 2 is 1.56 bits per heavy atom. The lowest BCUT2D eigenvalue weighted by Crippen LogP contribution is -2.31. The third-order valence-corrected chi connectivity index (χ3v) is 5.96. The van der Waals surface area contributed by atoms with E-state index >= 15 is 0 Å². The second-order valence-corrected chi connectivity index (χ2v) is 8.25. The van der Waals surface area contributed by atoms with Gasteiger partial charge in [0, 0.05) is 23.1 Å². The molecule has 0 unspecified atom stereocenters. The van der Waals surface area contributed by atoms with Gasteiger partial charge in [0.25, 0.3) is 11.8 Å². The molecule has 0 fully saturated rings. The fourth-order valence-electron chi connectivity index (χ4n) is 3.37. The zero-order valence-electron chi connectivity index (χ0n) is 17.2. The Kier molecular flexibility index (Phi) is 6.18. The first-order chi connectivity index (χ1) is 15.4. The molecule has 160 valence electrons. The summed E-state index contributed by atoms with van der Waals surface area (Å²) in [5.41, 5.74) is 1.65. The van der Waals surface area contributed by atoms with Gasteiger partial charge >= 0.3 is 0 Å². The van der Waals surface area contributed by atoms with Crippen molar-refractivity contribution in [3.05, 3.63) is 101 Å². The fraction of sp³-hybridized carbons (Fsp3) is 0.0800. The topological polar surface area (TPSA) is 66.5 Å². The van der Waals surface area contributed by atoms with E-state index in [-0.39, 0.29) is 28.5 Å². The standard InChI is InChI=1S/C25H19FN2O3S/c1-16(29)27-19-13-11-17(12-14-19)22-23(32-20-8-3-2-4-9-20)25(31)28(24(22)30)15-18-7-5-6-10-21(18)26/h2-14H,15H2,1H3,(H,27,29). The van der Waals surface area contributed by atoms with Gasteiger partial charge in [0.15, 0.2) is 0 Å². The Hall–Kier alpha value is -3.71. The number of anilines is 1. The van der Waals surface area contributed by atoms with Gasteiger partial charge in [-0.1, -0.05) is 60.3 Å². The van der Waals surface area contributed by atoms with Crippen molar-refractivity contribution >= 4 is 40.7 Å². The van der Waals surface area contributed by atoms with Gasteiger partial charge in [-0.3, -0.25) is 19.3 Å². The van der Waals surface area contributed by atoms with Crippen molar-refractivity contribution in [2.24, 2.45) is 0 Å². The third kappa shape index (κ3) is 4.48. The molecular weight excluding hydrogens is 427 g/mol. The highest BCUT2D eigenvalue weighted by atomic mass is 32.2. The molecule has 0 radical (unpaired) electrons. The normalized spacial score (nSPS) is 13.6. The molecule has 0 atom stereocenters. The number of nitrogens with one attached hydrogen (secondary N) is 1. The zero-order valence-corrected chi connectivity index (χ0v) is 18.0. The monoisotopic (exact) mass is 446 g/mol. The molecule has 1 N–H and O–H groups in total. The van der Waals surface area contributed by atoms with Crippen LogP contribution in [-0.4, -0.2) is 22.6 Å². The molecule has 3 aromatic rings. The average molecular weight is 447 g/mol. The third-order valence-electron chi connectivity index (χ3n) is 4.87. The maximum absolute atomic E-state index is 14.2. The van der Waals surface area contributed by atoms with Crippen LogP contribution in [0.2, 0.25) is 0 Å². The van der Waals surface area contributed by atoms with E-state index in [2.05, 4.69) is 5.32 Å². The van der Waals surface area contributed by atoms with Crippen LogP contribution < -0.4 is 5.32 Å². The lowest BCUT2D eigenvalue weighted by atomic mass is 10.1. The number of carbonyl (C=O) groups excluding carboxylic acids is 3. The molecule has 0 saturated carbocycles. The summed E-state index contributed by atoms with van der Waals surface area (Å²) in [5.74, 6) is -1.63. The highest BCUT2D eigenvalue weighted by Gasteiger charge is 2.39. The second kappa shape index (κ2) is 9.20. The van der Waals surface area contributed by atoms with Gasteiger partial charge in [0.1, 0.15) is 5.82 Å². The summed E-state index contributed by atoms with van der Waals surface area (Å²) in [5, 5.41) is 2.68. The van der Waals surface area contributed by atoms with Gasteiger partial charge in [-0.15, -0.1) is 0 Å². The van der Waals surface area contributed by atoms with Gasteiger partial charge in [-0.25, -0.2) is 4.39 Å². The van der Waals surface area contributed by atoms with E-state index in [1.165, 1.54) is 24.8 Å². The van der Waals surface area contributed by atoms with Crippen LogP contribution in [0.4, 0.5) is 10.1 Å². The van der Waals surface area contributed by atoms with Crippen molar-refractivity contribution in [2.45, 2.75) is 18.4 Å². The summed E-state index contributed by atoms with van der Waals surface area (Å²) in [6, 6.07) is 22.1. The first kappa shape index (κ1) is 21.5. The van der Waals surface area contributed by atoms with Crippen molar-refractivity contribution < 1.29 is 18.8 Å². The van der Waals surface area contributed by atoms with Crippen LogP contribution in [0, 0.1) is 5.82 Å². The van der Waals surface area contributed by atoms with Crippen LogP contribution in [0.25, 0.3) is 5.57 Å². The minimum Gasteiger partial charge on any atom is -0.326 e. The van der Waals surface area contributed by atoms with Gasteiger partial charge in [-0.2, -0.15) is 0 Å². The van der Waals surface area contributed by atoms with E-state index < -0.39 is 17.6 Å². The molecule has 1 aliphatic rings. The van der Waals surface area contributed by atoms with Gasteiger partial charge in [0.2, 0.25) is 5.91 Å². The van der Waals surface area contributed by atoms with Crippen LogP contribution in [0.5, 0.6) is 0 Å². The van der Waals surface area contributed by atoms with Crippen molar-refractivity contribution in [1.82, 2.24) is 4.90 Å². The predicted molar refractivity (Wildman–Crippen MR) is 122 cm³/mol. The van der Waals surface area contributed by atoms with Crippen LogP contribution in [0.15, 0.2) is 88.7 Å². The minimum atomic E-state index is -0.482. The van der Waals surface area contributed by atoms with Crippen LogP contribution in [0.3, 0.4) is 0 Å². The number of halogens is 1. The summed E-state index contributed by atoms with van der Waals surface area (Å²) in [4.78, 5) is 40.1. The Balaban J connectivity index is 1.72. The Labute approximate surface area is 188 Å². The zero-order chi connectivity index (χ0) is 22.7. The molecule has 1 heterocycles. The van der Waals surface area contributed by atoms with E-state index in [9.17, 15) is 18.8 Å². The molecule has 0 bridgehead atoms.